The topological polar surface area (TPSA) is 125 Å². The molecule has 0 aliphatic carbocycles. The van der Waals surface area contributed by atoms with Crippen LogP contribution in [-0.4, -0.2) is 56.7 Å². The smallest absolute Gasteiger partial charge is 0.247 e. The Hall–Kier alpha value is -4.74. The quantitative estimate of drug-likeness (QED) is 0.316. The molecule has 2 heterocycles. The molecule has 4 aromatic rings. The number of rotatable bonds is 10. The summed E-state index contributed by atoms with van der Waals surface area (Å²) in [5.74, 6) is 0.389. The number of nitrogens with one attached hydrogen (secondary N) is 1. The molecule has 40 heavy (non-hydrogen) atoms. The van der Waals surface area contributed by atoms with Crippen molar-refractivity contribution in [1.29, 1.82) is 0 Å². The van der Waals surface area contributed by atoms with Crippen LogP contribution in [-0.2, 0) is 22.7 Å². The van der Waals surface area contributed by atoms with Crippen molar-refractivity contribution in [2.45, 2.75) is 45.4 Å². The lowest BCUT2D eigenvalue weighted by molar-refractivity contribution is -0.143. The van der Waals surface area contributed by atoms with E-state index < -0.39 is 29.2 Å². The molecule has 2 amide bonds. The van der Waals surface area contributed by atoms with E-state index in [2.05, 4.69) is 20.7 Å². The number of tetrazole rings is 1. The summed E-state index contributed by atoms with van der Waals surface area (Å²) < 4.78 is 29.9. The van der Waals surface area contributed by atoms with E-state index in [1.807, 2.05) is 20.8 Å². The SMILES string of the molecule is COc1ccc(-c2nnn(CC(=O)N(Cc3ccco3)C(C(=O)NC(C)(C)C)c3ccc(F)cc3)n2)cc1OC. The van der Waals surface area contributed by atoms with Crippen LogP contribution in [0.3, 0.4) is 0 Å². The minimum Gasteiger partial charge on any atom is -0.493 e. The molecule has 0 saturated carbocycles. The first-order valence-corrected chi connectivity index (χ1v) is 12.5. The molecular formula is C28H31FN6O5. The molecule has 2 aromatic carbocycles. The van der Waals surface area contributed by atoms with E-state index in [-0.39, 0.29) is 18.9 Å². The van der Waals surface area contributed by atoms with Gasteiger partial charge in [0.05, 0.1) is 27.0 Å². The van der Waals surface area contributed by atoms with Gasteiger partial charge in [0.25, 0.3) is 0 Å². The van der Waals surface area contributed by atoms with Gasteiger partial charge in [0, 0.05) is 11.1 Å². The van der Waals surface area contributed by atoms with Crippen molar-refractivity contribution in [1.82, 2.24) is 30.4 Å². The first-order chi connectivity index (χ1) is 19.1. The molecule has 0 spiro atoms. The minimum absolute atomic E-state index is 0.0251. The van der Waals surface area contributed by atoms with Gasteiger partial charge in [-0.2, -0.15) is 4.80 Å². The van der Waals surface area contributed by atoms with Gasteiger partial charge in [-0.25, -0.2) is 4.39 Å². The molecule has 4 rings (SSSR count). The normalized spacial score (nSPS) is 12.1. The number of carbonyl (C=O) groups is 2. The number of nitrogens with zero attached hydrogens (tertiary/aromatic N) is 5. The lowest BCUT2D eigenvalue weighted by Crippen LogP contribution is -2.49. The molecule has 12 heteroatoms. The van der Waals surface area contributed by atoms with E-state index in [9.17, 15) is 14.0 Å². The van der Waals surface area contributed by atoms with Gasteiger partial charge in [0.2, 0.25) is 17.6 Å². The summed E-state index contributed by atoms with van der Waals surface area (Å²) in [6.45, 7) is 5.16. The molecule has 0 aliphatic rings. The molecule has 1 unspecified atom stereocenters. The Morgan fingerprint density at radius 2 is 1.80 bits per heavy atom. The van der Waals surface area contributed by atoms with Crippen molar-refractivity contribution >= 4 is 11.8 Å². The van der Waals surface area contributed by atoms with Crippen LogP contribution >= 0.6 is 0 Å². The number of carbonyl (C=O) groups excluding carboxylic acids is 2. The molecule has 1 atom stereocenters. The number of hydrogen-bond donors (Lipinski definition) is 1. The minimum atomic E-state index is -1.09. The van der Waals surface area contributed by atoms with Gasteiger partial charge in [-0.3, -0.25) is 9.59 Å². The van der Waals surface area contributed by atoms with Crippen LogP contribution in [0.25, 0.3) is 11.4 Å². The van der Waals surface area contributed by atoms with E-state index in [1.54, 1.807) is 30.3 Å². The fourth-order valence-electron chi connectivity index (χ4n) is 4.06. The molecular weight excluding hydrogens is 519 g/mol. The number of furan rings is 1. The summed E-state index contributed by atoms with van der Waals surface area (Å²) in [7, 11) is 3.05. The van der Waals surface area contributed by atoms with E-state index in [0.29, 0.717) is 28.4 Å². The highest BCUT2D eigenvalue weighted by atomic mass is 19.1. The number of methoxy groups -OCH3 is 2. The zero-order valence-electron chi connectivity index (χ0n) is 22.9. The van der Waals surface area contributed by atoms with Crippen molar-refractivity contribution in [2.75, 3.05) is 14.2 Å². The van der Waals surface area contributed by atoms with E-state index in [4.69, 9.17) is 13.9 Å². The van der Waals surface area contributed by atoms with Crippen LogP contribution in [0.15, 0.2) is 65.3 Å². The summed E-state index contributed by atoms with van der Waals surface area (Å²) in [5, 5.41) is 15.4. The summed E-state index contributed by atoms with van der Waals surface area (Å²) in [6.07, 6.45) is 1.48. The third kappa shape index (κ3) is 6.82. The largest absolute Gasteiger partial charge is 0.493 e. The summed E-state index contributed by atoms with van der Waals surface area (Å²) in [6, 6.07) is 12.9. The highest BCUT2D eigenvalue weighted by molar-refractivity contribution is 5.89. The fraction of sp³-hybridized carbons (Fsp3) is 0.321. The van der Waals surface area contributed by atoms with Crippen LogP contribution < -0.4 is 14.8 Å². The van der Waals surface area contributed by atoms with Crippen molar-refractivity contribution in [3.8, 4) is 22.9 Å². The third-order valence-electron chi connectivity index (χ3n) is 5.84. The summed E-state index contributed by atoms with van der Waals surface area (Å²) >= 11 is 0. The zero-order valence-corrected chi connectivity index (χ0v) is 22.9. The number of aromatic nitrogens is 4. The maximum atomic E-state index is 13.8. The molecule has 0 saturated heterocycles. The molecule has 0 fully saturated rings. The van der Waals surface area contributed by atoms with E-state index in [1.165, 1.54) is 49.6 Å². The Morgan fingerprint density at radius 3 is 2.42 bits per heavy atom. The first kappa shape index (κ1) is 28.3. The van der Waals surface area contributed by atoms with Gasteiger partial charge in [0.1, 0.15) is 24.2 Å². The van der Waals surface area contributed by atoms with E-state index >= 15 is 0 Å². The summed E-state index contributed by atoms with van der Waals surface area (Å²) in [5.41, 5.74) is 0.453. The van der Waals surface area contributed by atoms with Gasteiger partial charge < -0.3 is 24.1 Å². The van der Waals surface area contributed by atoms with E-state index in [0.717, 1.165) is 4.80 Å². The van der Waals surface area contributed by atoms with Crippen LogP contribution in [0.5, 0.6) is 11.5 Å². The lowest BCUT2D eigenvalue weighted by Gasteiger charge is -2.33. The molecule has 0 aliphatic heterocycles. The first-order valence-electron chi connectivity index (χ1n) is 12.5. The number of ether oxygens (including phenoxy) is 2. The number of halogens is 1. The highest BCUT2D eigenvalue weighted by Crippen LogP contribution is 2.31. The maximum Gasteiger partial charge on any atom is 0.247 e. The fourth-order valence-corrected chi connectivity index (χ4v) is 4.06. The summed E-state index contributed by atoms with van der Waals surface area (Å²) in [4.78, 5) is 29.9. The monoisotopic (exact) mass is 550 g/mol. The zero-order chi connectivity index (χ0) is 28.9. The predicted octanol–water partition coefficient (Wildman–Crippen LogP) is 3.77. The van der Waals surface area contributed by atoms with Gasteiger partial charge in [-0.15, -0.1) is 10.2 Å². The Labute approximate surface area is 230 Å². The Morgan fingerprint density at radius 1 is 1.07 bits per heavy atom. The second-order valence-corrected chi connectivity index (χ2v) is 10.0. The van der Waals surface area contributed by atoms with Gasteiger partial charge in [-0.05, 0) is 74.0 Å². The van der Waals surface area contributed by atoms with Crippen molar-refractivity contribution < 1.29 is 27.9 Å². The standard InChI is InChI=1S/C28H31FN6O5/c1-28(2,3)30-27(37)25(18-8-11-20(29)12-9-18)34(16-21-7-6-14-40-21)24(36)17-35-32-26(31-33-35)19-10-13-22(38-4)23(15-19)39-5/h6-15,25H,16-17H2,1-5H3,(H,30,37). The van der Waals surface area contributed by atoms with Crippen molar-refractivity contribution in [2.24, 2.45) is 0 Å². The third-order valence-corrected chi connectivity index (χ3v) is 5.84. The predicted molar refractivity (Wildman–Crippen MR) is 143 cm³/mol. The Kier molecular flexibility index (Phi) is 8.46. The number of hydrogen-bond acceptors (Lipinski definition) is 8. The highest BCUT2D eigenvalue weighted by Gasteiger charge is 2.34. The van der Waals surface area contributed by atoms with Crippen LogP contribution in [0, 0.1) is 5.82 Å². The average Bonchev–Trinajstić information content (AvgIpc) is 3.60. The van der Waals surface area contributed by atoms with Crippen LogP contribution in [0.4, 0.5) is 4.39 Å². The maximum absolute atomic E-state index is 13.8. The second-order valence-electron chi connectivity index (χ2n) is 10.0. The van der Waals surface area contributed by atoms with Crippen LogP contribution in [0.1, 0.15) is 38.1 Å². The molecule has 2 aromatic heterocycles. The van der Waals surface area contributed by atoms with Gasteiger partial charge in [-0.1, -0.05) is 12.1 Å². The molecule has 1 N–H and O–H groups in total. The average molecular weight is 551 g/mol. The second kappa shape index (κ2) is 12.0. The molecule has 0 radical (unpaired) electrons. The van der Waals surface area contributed by atoms with Gasteiger partial charge >= 0.3 is 0 Å². The molecule has 210 valence electrons. The van der Waals surface area contributed by atoms with Crippen molar-refractivity contribution in [3.63, 3.8) is 0 Å². The Bertz CT molecular complexity index is 1450. The number of benzene rings is 2. The molecule has 0 bridgehead atoms. The number of amides is 2. The lowest BCUT2D eigenvalue weighted by atomic mass is 10.0. The van der Waals surface area contributed by atoms with Gasteiger partial charge in [0.15, 0.2) is 11.5 Å². The molecule has 11 nitrogen and oxygen atoms in total. The Balaban J connectivity index is 1.66. The van der Waals surface area contributed by atoms with Crippen LogP contribution in [0.2, 0.25) is 0 Å². The van der Waals surface area contributed by atoms with Crippen molar-refractivity contribution in [3.05, 3.63) is 78.0 Å².